The normalized spacial score (nSPS) is 12.1. The second-order valence-corrected chi connectivity index (χ2v) is 19.2. The van der Waals surface area contributed by atoms with Crippen LogP contribution in [0.1, 0.15) is 83.8 Å². The average molecular weight is 1080 g/mol. The number of carbonyl (C=O) groups is 6. The Balaban J connectivity index is 1.16. The molecule has 422 valence electrons. The smallest absolute Gasteiger partial charge is 0.407 e. The highest BCUT2D eigenvalue weighted by Crippen LogP contribution is 2.39. The van der Waals surface area contributed by atoms with Crippen molar-refractivity contribution in [2.24, 2.45) is 11.3 Å². The maximum absolute atomic E-state index is 15.1. The maximum atomic E-state index is 15.1. The van der Waals surface area contributed by atoms with Crippen LogP contribution in [0.2, 0.25) is 0 Å². The van der Waals surface area contributed by atoms with E-state index in [1.165, 1.54) is 4.90 Å². The third-order valence-electron chi connectivity index (χ3n) is 11.7. The molecule has 0 saturated carbocycles. The third kappa shape index (κ3) is 22.7. The summed E-state index contributed by atoms with van der Waals surface area (Å²) in [7, 11) is 0. The predicted octanol–water partition coefficient (Wildman–Crippen LogP) is 5.28. The van der Waals surface area contributed by atoms with Crippen molar-refractivity contribution >= 4 is 41.3 Å². The summed E-state index contributed by atoms with van der Waals surface area (Å²) in [5.41, 5.74) is 1.40. The first kappa shape index (κ1) is 62.7. The Kier molecular flexibility index (Phi) is 27.1. The van der Waals surface area contributed by atoms with Gasteiger partial charge in [0.1, 0.15) is 36.7 Å². The lowest BCUT2D eigenvalue weighted by atomic mass is 9.84. The van der Waals surface area contributed by atoms with Crippen molar-refractivity contribution in [3.63, 3.8) is 0 Å². The van der Waals surface area contributed by atoms with Crippen LogP contribution in [0.25, 0.3) is 11.3 Å². The predicted molar refractivity (Wildman–Crippen MR) is 283 cm³/mol. The Morgan fingerprint density at radius 1 is 0.753 bits per heavy atom. The number of imidazole rings is 1. The maximum Gasteiger partial charge on any atom is 0.407 e. The van der Waals surface area contributed by atoms with E-state index in [9.17, 15) is 38.3 Å². The van der Waals surface area contributed by atoms with Crippen LogP contribution in [0.4, 0.5) is 19.3 Å². The number of hydrogen-bond donors (Lipinski definition) is 6. The Bertz CT molecular complexity index is 2470. The summed E-state index contributed by atoms with van der Waals surface area (Å²) >= 11 is 0. The van der Waals surface area contributed by atoms with E-state index in [0.29, 0.717) is 76.2 Å². The molecule has 77 heavy (non-hydrogen) atoms. The molecule has 0 aliphatic heterocycles. The fourth-order valence-corrected chi connectivity index (χ4v) is 7.76. The van der Waals surface area contributed by atoms with Gasteiger partial charge in [0.2, 0.25) is 29.5 Å². The second-order valence-electron chi connectivity index (χ2n) is 19.2. The molecule has 3 aromatic carbocycles. The van der Waals surface area contributed by atoms with Gasteiger partial charge in [-0.25, -0.2) is 18.6 Å². The molecule has 0 radical (unpaired) electrons. The van der Waals surface area contributed by atoms with Crippen LogP contribution in [-0.4, -0.2) is 147 Å². The number of benzene rings is 3. The molecular formula is C55H76F2N8O12. The molecule has 22 heteroatoms. The minimum Gasteiger partial charge on any atom is -0.445 e. The van der Waals surface area contributed by atoms with Gasteiger partial charge in [-0.2, -0.15) is 0 Å². The van der Waals surface area contributed by atoms with Crippen molar-refractivity contribution in [1.29, 1.82) is 0 Å². The van der Waals surface area contributed by atoms with Crippen molar-refractivity contribution in [3.05, 3.63) is 108 Å². The summed E-state index contributed by atoms with van der Waals surface area (Å²) in [5, 5.41) is 23.5. The molecular weight excluding hydrogens is 1000 g/mol. The number of nitrogens with zero attached hydrogens (tertiary/aromatic N) is 3. The Morgan fingerprint density at radius 3 is 2.03 bits per heavy atom. The molecule has 0 aliphatic rings. The van der Waals surface area contributed by atoms with Gasteiger partial charge in [0.15, 0.2) is 0 Å². The van der Waals surface area contributed by atoms with E-state index >= 15 is 4.39 Å². The minimum absolute atomic E-state index is 0.0150. The SMILES string of the molecule is CCC(=O)NCCOCCOCCOCCOCCC(=O)NC(C(=O)NCC(=O)Nc1ccc(COC(=O)NCCCN(C(=O)CO)C(c2nc(-c3cc(F)ccc3F)cn2Cc2ccccc2)C(C)(C)C)cc1)C(C)C. The van der Waals surface area contributed by atoms with Crippen LogP contribution in [-0.2, 0) is 60.8 Å². The first-order valence-electron chi connectivity index (χ1n) is 25.8. The largest absolute Gasteiger partial charge is 0.445 e. The number of nitrogens with one attached hydrogen (secondary N) is 5. The Labute approximate surface area is 449 Å². The van der Waals surface area contributed by atoms with Crippen LogP contribution < -0.4 is 26.6 Å². The average Bonchev–Trinajstić information content (AvgIpc) is 3.82. The summed E-state index contributed by atoms with van der Waals surface area (Å²) in [4.78, 5) is 82.1. The van der Waals surface area contributed by atoms with Crippen molar-refractivity contribution in [3.8, 4) is 11.3 Å². The van der Waals surface area contributed by atoms with Gasteiger partial charge in [0, 0.05) is 56.5 Å². The number of aromatic nitrogens is 2. The van der Waals surface area contributed by atoms with E-state index in [0.717, 1.165) is 23.8 Å². The summed E-state index contributed by atoms with van der Waals surface area (Å²) in [5.74, 6) is -3.21. The number of halogens is 2. The molecule has 0 saturated heterocycles. The lowest BCUT2D eigenvalue weighted by Crippen LogP contribution is -2.51. The highest BCUT2D eigenvalue weighted by Gasteiger charge is 2.38. The molecule has 0 bridgehead atoms. The molecule has 20 nitrogen and oxygen atoms in total. The number of aliphatic hydroxyl groups is 1. The van der Waals surface area contributed by atoms with Gasteiger partial charge < -0.3 is 64.8 Å². The molecule has 2 atom stereocenters. The number of alkyl carbamates (subject to hydrolysis) is 1. The monoisotopic (exact) mass is 1080 g/mol. The molecule has 0 fully saturated rings. The zero-order valence-electron chi connectivity index (χ0n) is 45.0. The number of ether oxygens (including phenoxy) is 5. The van der Waals surface area contributed by atoms with E-state index in [1.807, 2.05) is 51.1 Å². The van der Waals surface area contributed by atoms with E-state index in [4.69, 9.17) is 28.7 Å². The summed E-state index contributed by atoms with van der Waals surface area (Å²) < 4.78 is 58.4. The minimum atomic E-state index is -0.890. The number of rotatable bonds is 34. The number of carbonyl (C=O) groups excluding carboxylic acids is 6. The molecule has 6 N–H and O–H groups in total. The molecule has 6 amide bonds. The lowest BCUT2D eigenvalue weighted by molar-refractivity contribution is -0.139. The molecule has 0 spiro atoms. The molecule has 1 heterocycles. The quantitative estimate of drug-likeness (QED) is 0.0327. The second kappa shape index (κ2) is 33.3. The van der Waals surface area contributed by atoms with Crippen LogP contribution in [0.15, 0.2) is 79.0 Å². The topological polar surface area (TPSA) is 250 Å². The van der Waals surface area contributed by atoms with E-state index in [-0.39, 0.29) is 75.4 Å². The Hall–Kier alpha value is -6.85. The zero-order valence-corrected chi connectivity index (χ0v) is 45.0. The van der Waals surface area contributed by atoms with Crippen LogP contribution in [0.5, 0.6) is 0 Å². The lowest BCUT2D eigenvalue weighted by Gasteiger charge is -2.40. The fraction of sp³-hybridized carbons (Fsp3) is 0.509. The van der Waals surface area contributed by atoms with E-state index < -0.39 is 65.5 Å². The first-order chi connectivity index (χ1) is 36.9. The van der Waals surface area contributed by atoms with Gasteiger partial charge in [0.25, 0.3) is 0 Å². The van der Waals surface area contributed by atoms with Crippen molar-refractivity contribution in [1.82, 2.24) is 35.7 Å². The molecule has 4 rings (SSSR count). The number of hydrogen-bond acceptors (Lipinski definition) is 13. The van der Waals surface area contributed by atoms with Crippen molar-refractivity contribution in [2.75, 3.05) is 91.0 Å². The summed E-state index contributed by atoms with van der Waals surface area (Å²) in [6.45, 7) is 13.4. The standard InChI is InChI=1S/C55H76F2N8O12/c1-7-46(67)58-22-25-74-27-29-76-31-30-75-28-26-73-24-20-47(68)63-50(38(2)3)53(71)60-33-48(69)61-42-17-14-40(15-18-42)37-77-54(72)59-21-11-23-65(49(70)36-66)51(55(4,5)6)52-62-45(43-32-41(56)16-19-44(43)57)35-64(52)34-39-12-9-8-10-13-39/h8-10,12-19,32,35,38,50-51,66H,7,11,20-31,33-34,36-37H2,1-6H3,(H,58,67)(H,59,72)(H,60,71)(H,61,69)(H,63,68). The summed E-state index contributed by atoms with van der Waals surface area (Å²) in [6.07, 6.45) is 1.61. The van der Waals surface area contributed by atoms with E-state index in [2.05, 4.69) is 26.6 Å². The van der Waals surface area contributed by atoms with Gasteiger partial charge in [-0.1, -0.05) is 84.0 Å². The highest BCUT2D eigenvalue weighted by atomic mass is 19.1. The van der Waals surface area contributed by atoms with Gasteiger partial charge in [-0.3, -0.25) is 24.0 Å². The van der Waals surface area contributed by atoms with Gasteiger partial charge in [0.05, 0.1) is 71.1 Å². The Morgan fingerprint density at radius 2 is 1.40 bits per heavy atom. The highest BCUT2D eigenvalue weighted by molar-refractivity contribution is 5.96. The van der Waals surface area contributed by atoms with Gasteiger partial charge >= 0.3 is 6.09 Å². The van der Waals surface area contributed by atoms with Crippen LogP contribution in [0, 0.1) is 23.0 Å². The number of amides is 6. The number of anilines is 1. The van der Waals surface area contributed by atoms with Crippen LogP contribution >= 0.6 is 0 Å². The van der Waals surface area contributed by atoms with Crippen molar-refractivity contribution in [2.45, 2.75) is 86.0 Å². The third-order valence-corrected chi connectivity index (χ3v) is 11.7. The fourth-order valence-electron chi connectivity index (χ4n) is 7.76. The van der Waals surface area contributed by atoms with Gasteiger partial charge in [-0.15, -0.1) is 0 Å². The number of aliphatic hydroxyl groups excluding tert-OH is 1. The first-order valence-corrected chi connectivity index (χ1v) is 25.8. The van der Waals surface area contributed by atoms with Crippen LogP contribution in [0.3, 0.4) is 0 Å². The zero-order chi connectivity index (χ0) is 56.2. The molecule has 2 unspecified atom stereocenters. The molecule has 1 aromatic heterocycles. The van der Waals surface area contributed by atoms with Gasteiger partial charge in [-0.05, 0) is 59.2 Å². The molecule has 0 aliphatic carbocycles. The van der Waals surface area contributed by atoms with Crippen molar-refractivity contribution < 1.29 is 66.3 Å². The molecule has 4 aromatic rings. The summed E-state index contributed by atoms with van der Waals surface area (Å²) in [6, 6.07) is 17.5. The van der Waals surface area contributed by atoms with E-state index in [1.54, 1.807) is 55.8 Å².